The van der Waals surface area contributed by atoms with E-state index in [1.807, 2.05) is 0 Å². The van der Waals surface area contributed by atoms with Crippen molar-refractivity contribution in [1.82, 2.24) is 10.0 Å². The molecule has 5 nitrogen and oxygen atoms in total. The highest BCUT2D eigenvalue weighted by atomic mass is 19.4. The van der Waals surface area contributed by atoms with E-state index in [9.17, 15) is 23.2 Å². The Kier molecular flexibility index (Phi) is 5.57. The Morgan fingerprint density at radius 1 is 1.38 bits per heavy atom. The van der Waals surface area contributed by atoms with Gasteiger partial charge < -0.3 is 10.5 Å². The van der Waals surface area contributed by atoms with Crippen LogP contribution in [0.5, 0.6) is 0 Å². The molecule has 116 valence electrons. The van der Waals surface area contributed by atoms with Crippen molar-refractivity contribution in [1.29, 1.82) is 0 Å². The first-order valence-corrected chi connectivity index (χ1v) is 6.13. The molecule has 21 heavy (non-hydrogen) atoms. The summed E-state index contributed by atoms with van der Waals surface area (Å²) in [5.41, 5.74) is 1.21. The van der Waals surface area contributed by atoms with Gasteiger partial charge in [-0.2, -0.15) is 17.9 Å². The largest absolute Gasteiger partial charge is 0.428 e. The third-order valence-corrected chi connectivity index (χ3v) is 2.51. The lowest BCUT2D eigenvalue weighted by molar-refractivity contribution is -0.117. The van der Waals surface area contributed by atoms with Gasteiger partial charge in [-0.15, -0.1) is 0 Å². The van der Waals surface area contributed by atoms with Gasteiger partial charge in [-0.1, -0.05) is 0 Å². The first-order chi connectivity index (χ1) is 9.69. The molecule has 1 aromatic rings. The lowest BCUT2D eigenvalue weighted by Crippen LogP contribution is -2.25. The average molecular weight is 303 g/mol. The zero-order chi connectivity index (χ0) is 16.0. The van der Waals surface area contributed by atoms with Gasteiger partial charge in [0, 0.05) is 18.7 Å². The number of nitrogens with one attached hydrogen (secondary N) is 1. The smallest absolute Gasteiger partial charge is 0.409 e. The lowest BCUT2D eigenvalue weighted by atomic mass is 10.3. The van der Waals surface area contributed by atoms with Crippen molar-refractivity contribution in [3.63, 3.8) is 0 Å². The number of nitrogens with zero attached hydrogens (tertiary/aromatic N) is 2. The fraction of sp³-hybridized carbons (Fsp3) is 0.385. The highest BCUT2D eigenvalue weighted by Crippen LogP contribution is 2.15. The minimum atomic E-state index is -4.50. The molecular formula is C13H16F3N3O2. The zero-order valence-electron chi connectivity index (χ0n) is 11.6. The summed E-state index contributed by atoms with van der Waals surface area (Å²) in [6.45, 7) is 3.75. The Hall–Kier alpha value is -2.25. The molecule has 0 aliphatic heterocycles. The number of allylic oxidation sites excluding steroid dienone is 1. The molecule has 0 aliphatic carbocycles. The summed E-state index contributed by atoms with van der Waals surface area (Å²) >= 11 is 0. The molecule has 1 rings (SSSR count). The van der Waals surface area contributed by atoms with Gasteiger partial charge in [-0.25, -0.2) is 0 Å². The topological polar surface area (TPSA) is 66.6 Å². The number of amides is 1. The summed E-state index contributed by atoms with van der Waals surface area (Å²) in [7, 11) is 0. The van der Waals surface area contributed by atoms with Crippen LogP contribution in [0.3, 0.4) is 0 Å². The molecule has 1 amide bonds. The van der Waals surface area contributed by atoms with Crippen LogP contribution in [0.15, 0.2) is 29.3 Å². The number of halogens is 3. The summed E-state index contributed by atoms with van der Waals surface area (Å²) in [6.07, 6.45) is -4.19. The summed E-state index contributed by atoms with van der Waals surface area (Å²) in [5, 5.41) is 12.4. The van der Waals surface area contributed by atoms with Gasteiger partial charge in [-0.3, -0.25) is 9.79 Å². The molecule has 8 heteroatoms. The number of carbonyl (C=O) groups is 1. The Bertz CT molecular complexity index is 577. The van der Waals surface area contributed by atoms with Crippen molar-refractivity contribution in [2.45, 2.75) is 20.0 Å². The van der Waals surface area contributed by atoms with Crippen molar-refractivity contribution in [3.05, 3.63) is 41.0 Å². The predicted molar refractivity (Wildman–Crippen MR) is 69.7 cm³/mol. The Morgan fingerprint density at radius 2 is 1.95 bits per heavy atom. The van der Waals surface area contributed by atoms with Crippen molar-refractivity contribution in [3.8, 4) is 0 Å². The van der Waals surface area contributed by atoms with E-state index in [-0.39, 0.29) is 19.2 Å². The fourth-order valence-electron chi connectivity index (χ4n) is 1.55. The minimum absolute atomic E-state index is 0.118. The predicted octanol–water partition coefficient (Wildman–Crippen LogP) is 1.48. The number of carbonyl (C=O) groups excluding carboxylic acids is 1. The third kappa shape index (κ3) is 6.15. The minimum Gasteiger partial charge on any atom is -0.428 e. The summed E-state index contributed by atoms with van der Waals surface area (Å²) in [5.74, 6) is -0.823. The normalized spacial score (nSPS) is 11.7. The van der Waals surface area contributed by atoms with Gasteiger partial charge in [0.25, 0.3) is 0 Å². The number of pyridine rings is 1. The van der Waals surface area contributed by atoms with E-state index in [1.54, 1.807) is 26.0 Å². The van der Waals surface area contributed by atoms with Crippen LogP contribution in [-0.4, -0.2) is 35.1 Å². The maximum Gasteiger partial charge on any atom is 0.409 e. The van der Waals surface area contributed by atoms with Gasteiger partial charge >= 0.3 is 6.18 Å². The van der Waals surface area contributed by atoms with Crippen LogP contribution < -0.4 is 10.7 Å². The van der Waals surface area contributed by atoms with E-state index in [4.69, 9.17) is 0 Å². The summed E-state index contributed by atoms with van der Waals surface area (Å²) in [6, 6.07) is 3.30. The highest BCUT2D eigenvalue weighted by molar-refractivity contribution is 5.87. The molecule has 0 spiro atoms. The van der Waals surface area contributed by atoms with Crippen LogP contribution in [0.1, 0.15) is 11.4 Å². The first-order valence-electron chi connectivity index (χ1n) is 6.13. The molecule has 0 saturated heterocycles. The standard InChI is InChI=1S/C13H16F3N3O2/c1-9-7-11(8-10(2)19(9)21)17-5-6-18-12(20)3-4-13(14,15)16/h3-4,7-8,21H,5-6H2,1-2H3,(H,18,20)/b4-3+. The SMILES string of the molecule is Cc1cc(=NCCNC(=O)/C=C/C(F)(F)F)cc(C)n1O. The van der Waals surface area contributed by atoms with Gasteiger partial charge in [0.2, 0.25) is 5.91 Å². The molecule has 2 N–H and O–H groups in total. The fourth-order valence-corrected chi connectivity index (χ4v) is 1.55. The zero-order valence-corrected chi connectivity index (χ0v) is 11.6. The molecule has 0 aromatic carbocycles. The average Bonchev–Trinajstić information content (AvgIpc) is 2.37. The van der Waals surface area contributed by atoms with Crippen LogP contribution in [0, 0.1) is 13.8 Å². The molecular weight excluding hydrogens is 287 g/mol. The molecule has 0 atom stereocenters. The number of alkyl halides is 3. The highest BCUT2D eigenvalue weighted by Gasteiger charge is 2.22. The monoisotopic (exact) mass is 303 g/mol. The first kappa shape index (κ1) is 16.8. The number of hydrogen-bond acceptors (Lipinski definition) is 3. The van der Waals surface area contributed by atoms with Crippen molar-refractivity contribution >= 4 is 5.91 Å². The van der Waals surface area contributed by atoms with Crippen LogP contribution in [-0.2, 0) is 4.79 Å². The van der Waals surface area contributed by atoms with E-state index >= 15 is 0 Å². The van der Waals surface area contributed by atoms with Gasteiger partial charge in [0.1, 0.15) is 0 Å². The van der Waals surface area contributed by atoms with Crippen molar-refractivity contribution in [2.24, 2.45) is 4.99 Å². The Labute approximate surface area is 119 Å². The molecule has 0 unspecified atom stereocenters. The van der Waals surface area contributed by atoms with Crippen LogP contribution in [0.25, 0.3) is 0 Å². The molecule has 0 radical (unpaired) electrons. The van der Waals surface area contributed by atoms with E-state index in [0.717, 1.165) is 4.73 Å². The van der Waals surface area contributed by atoms with E-state index < -0.39 is 12.1 Å². The number of aromatic nitrogens is 1. The van der Waals surface area contributed by atoms with Crippen molar-refractivity contribution in [2.75, 3.05) is 13.1 Å². The summed E-state index contributed by atoms with van der Waals surface area (Å²) in [4.78, 5) is 15.2. The van der Waals surface area contributed by atoms with Gasteiger partial charge in [-0.05, 0) is 26.0 Å². The number of hydrogen-bond donors (Lipinski definition) is 2. The van der Waals surface area contributed by atoms with E-state index in [0.29, 0.717) is 22.8 Å². The second-order valence-electron chi connectivity index (χ2n) is 4.36. The maximum absolute atomic E-state index is 11.8. The Balaban J connectivity index is 2.52. The lowest BCUT2D eigenvalue weighted by Gasteiger charge is -2.06. The maximum atomic E-state index is 11.8. The molecule has 1 aromatic heterocycles. The van der Waals surface area contributed by atoms with E-state index in [2.05, 4.69) is 10.3 Å². The molecule has 0 saturated carbocycles. The van der Waals surface area contributed by atoms with Gasteiger partial charge in [0.15, 0.2) is 0 Å². The molecule has 0 bridgehead atoms. The Morgan fingerprint density at radius 3 is 2.48 bits per heavy atom. The van der Waals surface area contributed by atoms with E-state index in [1.165, 1.54) is 0 Å². The van der Waals surface area contributed by atoms with Crippen LogP contribution >= 0.6 is 0 Å². The third-order valence-electron chi connectivity index (χ3n) is 2.51. The molecule has 0 aliphatic rings. The van der Waals surface area contributed by atoms with Crippen molar-refractivity contribution < 1.29 is 23.2 Å². The van der Waals surface area contributed by atoms with Crippen LogP contribution in [0.4, 0.5) is 13.2 Å². The summed E-state index contributed by atoms with van der Waals surface area (Å²) < 4.78 is 36.5. The van der Waals surface area contributed by atoms with Gasteiger partial charge in [0.05, 0.1) is 23.3 Å². The second-order valence-corrected chi connectivity index (χ2v) is 4.36. The quantitative estimate of drug-likeness (QED) is 0.502. The number of aryl methyl sites for hydroxylation is 2. The number of rotatable bonds is 4. The molecule has 0 fully saturated rings. The van der Waals surface area contributed by atoms with Crippen LogP contribution in [0.2, 0.25) is 0 Å². The second kappa shape index (κ2) is 6.96. The molecule has 1 heterocycles.